The normalized spacial score (nSPS) is 15.1. The molecule has 0 bridgehead atoms. The van der Waals surface area contributed by atoms with Crippen LogP contribution in [0.2, 0.25) is 0 Å². The van der Waals surface area contributed by atoms with Crippen molar-refractivity contribution in [3.63, 3.8) is 0 Å². The first-order chi connectivity index (χ1) is 8.85. The highest BCUT2D eigenvalue weighted by Gasteiger charge is 2.35. The van der Waals surface area contributed by atoms with Gasteiger partial charge in [0, 0.05) is 6.54 Å². The van der Waals surface area contributed by atoms with Crippen LogP contribution in [-0.2, 0) is 29.1 Å². The lowest BCUT2D eigenvalue weighted by Gasteiger charge is -2.17. The highest BCUT2D eigenvalue weighted by Crippen LogP contribution is 2.61. The summed E-state index contributed by atoms with van der Waals surface area (Å²) >= 11 is 0. The summed E-state index contributed by atoms with van der Waals surface area (Å²) in [5.41, 5.74) is 5.80. The second-order valence-electron chi connectivity index (χ2n) is 3.40. The van der Waals surface area contributed by atoms with Crippen molar-refractivity contribution in [3.05, 3.63) is 35.9 Å². The van der Waals surface area contributed by atoms with Gasteiger partial charge in [0.05, 0.1) is 13.2 Å². The summed E-state index contributed by atoms with van der Waals surface area (Å²) in [6, 6.07) is 8.61. The number of hydrogen-bond donors (Lipinski definition) is 3. The van der Waals surface area contributed by atoms with Gasteiger partial charge in [0.2, 0.25) is 0 Å². The van der Waals surface area contributed by atoms with E-state index in [1.165, 1.54) is 0 Å². The van der Waals surface area contributed by atoms with Gasteiger partial charge in [0.1, 0.15) is 0 Å². The topological polar surface area (TPSA) is 128 Å². The standard InChI is InChI=1S/C9H15NO7P2/c10-6-7-15-19(14,17-18(11,12)13)16-8-9-4-2-1-3-5-9/h1-5H,6-8,10H2,(H2,11,12,13). The molecule has 8 nitrogen and oxygen atoms in total. The lowest BCUT2D eigenvalue weighted by molar-refractivity contribution is 0.137. The van der Waals surface area contributed by atoms with Gasteiger partial charge in [-0.3, -0.25) is 9.05 Å². The van der Waals surface area contributed by atoms with Crippen LogP contribution in [0.25, 0.3) is 0 Å². The molecule has 1 unspecified atom stereocenters. The molecule has 1 rings (SSSR count). The third kappa shape index (κ3) is 6.96. The highest BCUT2D eigenvalue weighted by molar-refractivity contribution is 7.61. The van der Waals surface area contributed by atoms with E-state index < -0.39 is 15.6 Å². The van der Waals surface area contributed by atoms with Crippen LogP contribution in [0.1, 0.15) is 5.56 Å². The predicted molar refractivity (Wildman–Crippen MR) is 67.0 cm³/mol. The lowest BCUT2D eigenvalue weighted by atomic mass is 10.2. The van der Waals surface area contributed by atoms with Crippen LogP contribution in [0.4, 0.5) is 0 Å². The van der Waals surface area contributed by atoms with E-state index in [1.54, 1.807) is 30.3 Å². The second kappa shape index (κ2) is 7.28. The Morgan fingerprint density at radius 2 is 1.74 bits per heavy atom. The molecule has 0 spiro atoms. The third-order valence-corrected chi connectivity index (χ3v) is 4.40. The van der Waals surface area contributed by atoms with Crippen LogP contribution >= 0.6 is 15.6 Å². The van der Waals surface area contributed by atoms with Crippen molar-refractivity contribution in [2.24, 2.45) is 5.73 Å². The maximum atomic E-state index is 11.9. The van der Waals surface area contributed by atoms with Gasteiger partial charge in [-0.1, -0.05) is 30.3 Å². The van der Waals surface area contributed by atoms with Crippen molar-refractivity contribution < 1.29 is 32.3 Å². The largest absolute Gasteiger partial charge is 0.484 e. The average Bonchev–Trinajstić information content (AvgIpc) is 2.33. The van der Waals surface area contributed by atoms with Gasteiger partial charge in [-0.25, -0.2) is 9.13 Å². The Morgan fingerprint density at radius 1 is 1.11 bits per heavy atom. The Morgan fingerprint density at radius 3 is 2.26 bits per heavy atom. The van der Waals surface area contributed by atoms with E-state index in [2.05, 4.69) is 8.83 Å². The minimum Gasteiger partial charge on any atom is -0.328 e. The number of benzene rings is 1. The van der Waals surface area contributed by atoms with Crippen LogP contribution in [0.5, 0.6) is 0 Å². The molecular formula is C9H15NO7P2. The van der Waals surface area contributed by atoms with Gasteiger partial charge in [0.15, 0.2) is 0 Å². The van der Waals surface area contributed by atoms with Crippen LogP contribution in [-0.4, -0.2) is 22.9 Å². The summed E-state index contributed by atoms with van der Waals surface area (Å²) in [5, 5.41) is 0. The zero-order chi connectivity index (χ0) is 14.4. The first-order valence-corrected chi connectivity index (χ1v) is 8.24. The fraction of sp³-hybridized carbons (Fsp3) is 0.333. The molecule has 0 aliphatic rings. The summed E-state index contributed by atoms with van der Waals surface area (Å²) in [6.45, 7) is -0.391. The molecule has 1 aromatic carbocycles. The van der Waals surface area contributed by atoms with Crippen molar-refractivity contribution in [2.75, 3.05) is 13.2 Å². The number of phosphoric ester groups is 1. The van der Waals surface area contributed by atoms with Crippen LogP contribution in [0, 0.1) is 0 Å². The smallest absolute Gasteiger partial charge is 0.328 e. The molecule has 0 heterocycles. The monoisotopic (exact) mass is 311 g/mol. The Bertz CT molecular complexity index is 475. The van der Waals surface area contributed by atoms with E-state index in [0.717, 1.165) is 0 Å². The fourth-order valence-corrected chi connectivity index (χ4v) is 3.24. The molecule has 0 aromatic heterocycles. The quantitative estimate of drug-likeness (QED) is 0.614. The molecule has 1 atom stereocenters. The average molecular weight is 311 g/mol. The minimum absolute atomic E-state index is 0.00318. The molecule has 10 heteroatoms. The lowest BCUT2D eigenvalue weighted by Crippen LogP contribution is -2.09. The zero-order valence-electron chi connectivity index (χ0n) is 9.92. The molecule has 4 N–H and O–H groups in total. The van der Waals surface area contributed by atoms with E-state index >= 15 is 0 Å². The molecule has 108 valence electrons. The molecule has 19 heavy (non-hydrogen) atoms. The first-order valence-electron chi connectivity index (χ1n) is 5.25. The van der Waals surface area contributed by atoms with Crippen molar-refractivity contribution >= 4 is 15.6 Å². The van der Waals surface area contributed by atoms with Crippen molar-refractivity contribution in [2.45, 2.75) is 6.61 Å². The Hall–Kier alpha value is -0.560. The van der Waals surface area contributed by atoms with Crippen molar-refractivity contribution in [3.8, 4) is 0 Å². The number of phosphoric acid groups is 2. The van der Waals surface area contributed by atoms with Gasteiger partial charge in [-0.15, -0.1) is 0 Å². The Balaban J connectivity index is 2.69. The molecule has 0 aliphatic heterocycles. The second-order valence-corrected chi connectivity index (χ2v) is 6.45. The van der Waals surface area contributed by atoms with E-state index in [0.29, 0.717) is 5.56 Å². The van der Waals surface area contributed by atoms with Crippen molar-refractivity contribution in [1.29, 1.82) is 0 Å². The summed E-state index contributed by atoms with van der Waals surface area (Å²) < 4.78 is 36.3. The van der Waals surface area contributed by atoms with Gasteiger partial charge in [-0.2, -0.15) is 4.31 Å². The molecule has 0 saturated carbocycles. The summed E-state index contributed by atoms with van der Waals surface area (Å²) in [6.07, 6.45) is 0. The van der Waals surface area contributed by atoms with E-state index in [1.807, 2.05) is 0 Å². The van der Waals surface area contributed by atoms with E-state index in [9.17, 15) is 9.13 Å². The van der Waals surface area contributed by atoms with Gasteiger partial charge < -0.3 is 15.5 Å². The van der Waals surface area contributed by atoms with Gasteiger partial charge in [-0.05, 0) is 5.56 Å². The molecule has 0 fully saturated rings. The minimum atomic E-state index is -5.00. The fourth-order valence-electron chi connectivity index (χ4n) is 1.11. The number of hydrogen-bond acceptors (Lipinski definition) is 6. The van der Waals surface area contributed by atoms with Crippen LogP contribution in [0.15, 0.2) is 30.3 Å². The summed E-state index contributed by atoms with van der Waals surface area (Å²) in [7, 11) is -9.37. The van der Waals surface area contributed by atoms with E-state index in [4.69, 9.17) is 20.0 Å². The number of nitrogens with two attached hydrogens (primary N) is 1. The zero-order valence-corrected chi connectivity index (χ0v) is 11.7. The predicted octanol–water partition coefficient (Wildman–Crippen LogP) is 1.40. The molecule has 0 saturated heterocycles. The molecular weight excluding hydrogens is 296 g/mol. The molecule has 0 radical (unpaired) electrons. The molecule has 0 aliphatic carbocycles. The van der Waals surface area contributed by atoms with Crippen LogP contribution in [0.3, 0.4) is 0 Å². The maximum absolute atomic E-state index is 11.9. The molecule has 1 aromatic rings. The Labute approximate surface area is 110 Å². The maximum Gasteiger partial charge on any atom is 0.484 e. The van der Waals surface area contributed by atoms with Crippen LogP contribution < -0.4 is 5.73 Å². The van der Waals surface area contributed by atoms with Gasteiger partial charge >= 0.3 is 15.6 Å². The third-order valence-electron chi connectivity index (χ3n) is 1.81. The molecule has 0 amide bonds. The number of rotatable bonds is 8. The van der Waals surface area contributed by atoms with E-state index in [-0.39, 0.29) is 19.8 Å². The van der Waals surface area contributed by atoms with Gasteiger partial charge in [0.25, 0.3) is 0 Å². The Kier molecular flexibility index (Phi) is 6.32. The van der Waals surface area contributed by atoms with Crippen molar-refractivity contribution in [1.82, 2.24) is 0 Å². The SMILES string of the molecule is NCCOP(=O)(OCc1ccccc1)OP(=O)(O)O. The highest BCUT2D eigenvalue weighted by atomic mass is 31.3. The first kappa shape index (κ1) is 16.5. The summed E-state index contributed by atoms with van der Waals surface area (Å²) in [4.78, 5) is 17.4. The summed E-state index contributed by atoms with van der Waals surface area (Å²) in [5.74, 6) is 0.